The van der Waals surface area contributed by atoms with Gasteiger partial charge < -0.3 is 26.2 Å². The number of nitrogens with two attached hydrogens (primary N) is 1. The summed E-state index contributed by atoms with van der Waals surface area (Å²) < 4.78 is 0. The van der Waals surface area contributed by atoms with Crippen LogP contribution in [0.15, 0.2) is 76.8 Å². The number of allylic oxidation sites excluding steroid dienone is 3. The Bertz CT molecular complexity index is 1410. The van der Waals surface area contributed by atoms with E-state index in [2.05, 4.69) is 23.6 Å². The highest BCUT2D eigenvalue weighted by Gasteiger charge is 2.60. The van der Waals surface area contributed by atoms with E-state index in [9.17, 15) is 34.8 Å². The molecule has 9 nitrogen and oxygen atoms in total. The molecule has 40 heavy (non-hydrogen) atoms. The number of primary amides is 1. The number of fused-ring (bicyclic) bond motifs is 2. The summed E-state index contributed by atoms with van der Waals surface area (Å²) in [5.74, 6) is -5.96. The summed E-state index contributed by atoms with van der Waals surface area (Å²) >= 11 is 0. The van der Waals surface area contributed by atoms with Crippen molar-refractivity contribution in [3.05, 3.63) is 87.9 Å². The predicted molar refractivity (Wildman–Crippen MR) is 148 cm³/mol. The quantitative estimate of drug-likeness (QED) is 0.340. The van der Waals surface area contributed by atoms with Gasteiger partial charge in [-0.05, 0) is 67.0 Å². The summed E-state index contributed by atoms with van der Waals surface area (Å²) in [5.41, 5.74) is 5.43. The predicted octanol–water partition coefficient (Wildman–Crippen LogP) is 2.56. The Morgan fingerprint density at radius 1 is 1.12 bits per heavy atom. The van der Waals surface area contributed by atoms with E-state index in [1.807, 2.05) is 12.1 Å². The second-order valence-electron chi connectivity index (χ2n) is 11.0. The van der Waals surface area contributed by atoms with E-state index in [1.54, 1.807) is 12.2 Å². The van der Waals surface area contributed by atoms with Crippen molar-refractivity contribution in [3.8, 4) is 0 Å². The van der Waals surface area contributed by atoms with Crippen molar-refractivity contribution >= 4 is 23.0 Å². The number of aliphatic hydroxyl groups is 4. The monoisotopic (exact) mass is 546 g/mol. The van der Waals surface area contributed by atoms with E-state index in [-0.39, 0.29) is 37.0 Å². The van der Waals surface area contributed by atoms with Crippen LogP contribution in [0.4, 0.5) is 0 Å². The van der Waals surface area contributed by atoms with Gasteiger partial charge in [-0.25, -0.2) is 0 Å². The zero-order chi connectivity index (χ0) is 28.8. The van der Waals surface area contributed by atoms with Gasteiger partial charge in [0.15, 0.2) is 11.4 Å². The third kappa shape index (κ3) is 4.54. The molecule has 0 spiro atoms. The molecule has 5 rings (SSSR count). The lowest BCUT2D eigenvalue weighted by molar-refractivity contribution is -0.147. The number of carbonyl (C=O) groups excluding carboxylic acids is 3. The first kappa shape index (κ1) is 27.8. The third-order valence-corrected chi connectivity index (χ3v) is 8.65. The molecule has 1 heterocycles. The molecule has 0 radical (unpaired) electrons. The largest absolute Gasteiger partial charge is 0.508 e. The average molecular weight is 547 g/mol. The van der Waals surface area contributed by atoms with Crippen molar-refractivity contribution < 1.29 is 34.8 Å². The van der Waals surface area contributed by atoms with Gasteiger partial charge in [0.05, 0.1) is 6.61 Å². The van der Waals surface area contributed by atoms with Crippen molar-refractivity contribution in [2.45, 2.75) is 44.2 Å². The van der Waals surface area contributed by atoms with Crippen LogP contribution in [0.5, 0.6) is 0 Å². The topological polar surface area (TPSA) is 161 Å². The first-order valence-electron chi connectivity index (χ1n) is 13.6. The minimum atomic E-state index is -2.54. The first-order chi connectivity index (χ1) is 19.1. The lowest BCUT2D eigenvalue weighted by atomic mass is 9.58. The Balaban J connectivity index is 1.55. The van der Waals surface area contributed by atoms with Crippen LogP contribution in [-0.2, 0) is 20.9 Å². The van der Waals surface area contributed by atoms with Gasteiger partial charge in [-0.15, -0.1) is 0 Å². The molecule has 210 valence electrons. The van der Waals surface area contributed by atoms with Gasteiger partial charge in [-0.1, -0.05) is 43.0 Å². The minimum Gasteiger partial charge on any atom is -0.508 e. The van der Waals surface area contributed by atoms with Crippen molar-refractivity contribution in [2.75, 3.05) is 19.7 Å². The van der Waals surface area contributed by atoms with E-state index in [1.165, 1.54) is 18.4 Å². The molecule has 4 aliphatic rings. The van der Waals surface area contributed by atoms with Crippen molar-refractivity contribution in [2.24, 2.45) is 17.6 Å². The first-order valence-corrected chi connectivity index (χ1v) is 13.6. The van der Waals surface area contributed by atoms with Crippen molar-refractivity contribution in [1.29, 1.82) is 0 Å². The maximum absolute atomic E-state index is 13.6. The number of carbonyl (C=O) groups is 3. The van der Waals surface area contributed by atoms with Crippen LogP contribution >= 0.6 is 0 Å². The van der Waals surface area contributed by atoms with E-state index < -0.39 is 52.0 Å². The maximum Gasteiger partial charge on any atom is 0.255 e. The molecular formula is C31H34N2O7. The molecule has 1 amide bonds. The second-order valence-corrected chi connectivity index (χ2v) is 11.0. The van der Waals surface area contributed by atoms with Crippen LogP contribution < -0.4 is 5.73 Å². The van der Waals surface area contributed by atoms with Crippen LogP contribution in [0.2, 0.25) is 0 Å². The molecule has 1 aliphatic heterocycles. The molecule has 6 N–H and O–H groups in total. The zero-order valence-corrected chi connectivity index (χ0v) is 22.2. The molecule has 9 heteroatoms. The van der Waals surface area contributed by atoms with Crippen LogP contribution in [0.1, 0.15) is 43.2 Å². The highest BCUT2D eigenvalue weighted by Crippen LogP contribution is 2.52. The van der Waals surface area contributed by atoms with Crippen LogP contribution in [-0.4, -0.2) is 68.1 Å². The zero-order valence-electron chi connectivity index (χ0n) is 22.2. The summed E-state index contributed by atoms with van der Waals surface area (Å²) in [4.78, 5) is 40.4. The van der Waals surface area contributed by atoms with Crippen molar-refractivity contribution in [1.82, 2.24) is 4.90 Å². The molecule has 1 saturated carbocycles. The molecule has 1 aromatic carbocycles. The Morgan fingerprint density at radius 3 is 2.42 bits per heavy atom. The number of likely N-dealkylation sites (tertiary alicyclic amines) is 1. The Kier molecular flexibility index (Phi) is 7.39. The molecule has 1 aromatic rings. The summed E-state index contributed by atoms with van der Waals surface area (Å²) in [6.45, 7) is 6.88. The summed E-state index contributed by atoms with van der Waals surface area (Å²) in [6, 6.07) is 8.07. The summed E-state index contributed by atoms with van der Waals surface area (Å²) in [5, 5.41) is 42.8. The minimum absolute atomic E-state index is 0.0938. The molecule has 0 bridgehead atoms. The molecular weight excluding hydrogens is 512 g/mol. The Hall–Kier alpha value is -3.79. The standard InChI is InChI=1S/C31H34N2O7/c1-17-23(22(5-4-12-34)19-8-6-18(7-9-19)16-33-10-2-3-11-33)14-20-13-21-15-24(35)26(30(32)39)29(38)31(21,40)28(37)25(20)27(17)36/h4-9,20-21,34,36,38,40H,1-3,10-16H2,(H2,32,39)/b5-4-,23-22+/t20-,21+,31+/m1/s1. The highest BCUT2D eigenvalue weighted by atomic mass is 16.3. The van der Waals surface area contributed by atoms with Gasteiger partial charge in [0.2, 0.25) is 5.78 Å². The van der Waals surface area contributed by atoms with Gasteiger partial charge >= 0.3 is 0 Å². The summed E-state index contributed by atoms with van der Waals surface area (Å²) in [7, 11) is 0. The number of ketones is 2. The van der Waals surface area contributed by atoms with E-state index in [0.717, 1.165) is 30.8 Å². The number of hydrogen-bond donors (Lipinski definition) is 5. The fraction of sp³-hybridized carbons (Fsp3) is 0.387. The molecule has 1 saturated heterocycles. The maximum atomic E-state index is 13.6. The number of nitrogens with zero attached hydrogens (tertiary/aromatic N) is 1. The smallest absolute Gasteiger partial charge is 0.255 e. The molecule has 3 aliphatic carbocycles. The number of Topliss-reactive ketones (excluding diaryl/α,β-unsaturated/α-hetero) is 2. The Morgan fingerprint density at radius 2 is 1.80 bits per heavy atom. The van der Waals surface area contributed by atoms with Gasteiger partial charge in [0.1, 0.15) is 17.1 Å². The van der Waals surface area contributed by atoms with Gasteiger partial charge in [-0.3, -0.25) is 19.3 Å². The van der Waals surface area contributed by atoms with E-state index in [4.69, 9.17) is 5.73 Å². The molecule has 0 aromatic heterocycles. The van der Waals surface area contributed by atoms with E-state index >= 15 is 0 Å². The summed E-state index contributed by atoms with van der Waals surface area (Å²) in [6.07, 6.45) is 5.80. The van der Waals surface area contributed by atoms with Gasteiger partial charge in [0.25, 0.3) is 5.91 Å². The number of amides is 1. The van der Waals surface area contributed by atoms with Crippen LogP contribution in [0.3, 0.4) is 0 Å². The van der Waals surface area contributed by atoms with Crippen LogP contribution in [0.25, 0.3) is 5.57 Å². The SMILES string of the molecule is C=C1C(O)=C2C(=O)[C@]3(O)C(O)=C(C(N)=O)C(=O)C[C@@H]3C[C@@H]2C/C1=C(/C=C\CO)c1ccc(CN2CCCC2)cc1. The lowest BCUT2D eigenvalue weighted by Crippen LogP contribution is -2.58. The van der Waals surface area contributed by atoms with E-state index in [0.29, 0.717) is 5.57 Å². The fourth-order valence-corrected chi connectivity index (χ4v) is 6.61. The Labute approximate surface area is 232 Å². The number of rotatable bonds is 6. The lowest BCUT2D eigenvalue weighted by Gasteiger charge is -2.46. The number of benzene rings is 1. The van der Waals surface area contributed by atoms with Crippen molar-refractivity contribution in [3.63, 3.8) is 0 Å². The third-order valence-electron chi connectivity index (χ3n) is 8.65. The van der Waals surface area contributed by atoms with Gasteiger partial charge in [0, 0.05) is 30.0 Å². The number of aliphatic hydroxyl groups excluding tert-OH is 3. The fourth-order valence-electron chi connectivity index (χ4n) is 6.61. The normalized spacial score (nSPS) is 28.8. The van der Waals surface area contributed by atoms with Crippen LogP contribution in [0, 0.1) is 11.8 Å². The average Bonchev–Trinajstić information content (AvgIpc) is 3.43. The second kappa shape index (κ2) is 10.6. The van der Waals surface area contributed by atoms with Gasteiger partial charge in [-0.2, -0.15) is 0 Å². The number of hydrogen-bond acceptors (Lipinski definition) is 8. The molecule has 2 fully saturated rings. The highest BCUT2D eigenvalue weighted by molar-refractivity contribution is 6.22. The molecule has 3 atom stereocenters. The molecule has 0 unspecified atom stereocenters.